The molecule has 2 N–H and O–H groups in total. The lowest BCUT2D eigenvalue weighted by atomic mass is 9.83. The van der Waals surface area contributed by atoms with Crippen molar-refractivity contribution < 1.29 is 4.74 Å². The Kier molecular flexibility index (Phi) is 2.48. The molecule has 4 nitrogen and oxygen atoms in total. The highest BCUT2D eigenvalue weighted by Gasteiger charge is 2.44. The quantitative estimate of drug-likeness (QED) is 0.841. The van der Waals surface area contributed by atoms with Gasteiger partial charge < -0.3 is 10.5 Å². The maximum Gasteiger partial charge on any atom is 0.0627 e. The molecular weight excluding hydrogens is 202 g/mol. The van der Waals surface area contributed by atoms with Gasteiger partial charge in [0.05, 0.1) is 23.9 Å². The molecule has 16 heavy (non-hydrogen) atoms. The summed E-state index contributed by atoms with van der Waals surface area (Å²) in [5, 5.41) is 4.29. The predicted molar refractivity (Wildman–Crippen MR) is 60.8 cm³/mol. The van der Waals surface area contributed by atoms with E-state index in [4.69, 9.17) is 10.5 Å². The van der Waals surface area contributed by atoms with E-state index in [1.54, 1.807) is 0 Å². The summed E-state index contributed by atoms with van der Waals surface area (Å²) in [6.45, 7) is 2.98. The minimum absolute atomic E-state index is 0.0812. The Bertz CT molecular complexity index is 376. The Hall–Kier alpha value is -0.870. The summed E-state index contributed by atoms with van der Waals surface area (Å²) in [4.78, 5) is 0. The molecule has 0 amide bonds. The standard InChI is InChI=1S/C12H19N3O/c1-2-15-10(5-6-14-15)12(13)9-7-8-3-4-11(9)16-8/h5-6,8-9,11-12H,2-4,7,13H2,1H3. The van der Waals surface area contributed by atoms with E-state index in [0.29, 0.717) is 18.1 Å². The summed E-state index contributed by atoms with van der Waals surface area (Å²) >= 11 is 0. The van der Waals surface area contributed by atoms with Crippen molar-refractivity contribution in [1.82, 2.24) is 9.78 Å². The van der Waals surface area contributed by atoms with Crippen LogP contribution in [0, 0.1) is 5.92 Å². The predicted octanol–water partition coefficient (Wildman–Crippen LogP) is 1.47. The number of nitrogens with zero attached hydrogens (tertiary/aromatic N) is 2. The molecule has 2 aliphatic heterocycles. The molecule has 2 aliphatic rings. The summed E-state index contributed by atoms with van der Waals surface area (Å²) in [6, 6.07) is 2.12. The van der Waals surface area contributed by atoms with E-state index < -0.39 is 0 Å². The van der Waals surface area contributed by atoms with Gasteiger partial charge in [0.2, 0.25) is 0 Å². The number of hydrogen-bond acceptors (Lipinski definition) is 3. The zero-order valence-corrected chi connectivity index (χ0v) is 9.67. The third-order valence-corrected chi connectivity index (χ3v) is 4.00. The molecule has 3 heterocycles. The van der Waals surface area contributed by atoms with Gasteiger partial charge in [-0.15, -0.1) is 0 Å². The average Bonchev–Trinajstić information content (AvgIpc) is 3.02. The van der Waals surface area contributed by atoms with Crippen LogP contribution >= 0.6 is 0 Å². The van der Waals surface area contributed by atoms with Crippen LogP contribution < -0.4 is 5.73 Å². The zero-order valence-electron chi connectivity index (χ0n) is 9.67. The van der Waals surface area contributed by atoms with Crippen molar-refractivity contribution in [1.29, 1.82) is 0 Å². The molecule has 4 atom stereocenters. The first-order valence-corrected chi connectivity index (χ1v) is 6.22. The van der Waals surface area contributed by atoms with Gasteiger partial charge in [0.1, 0.15) is 0 Å². The minimum Gasteiger partial charge on any atom is -0.375 e. The first kappa shape index (κ1) is 10.3. The van der Waals surface area contributed by atoms with E-state index in [9.17, 15) is 0 Å². The molecule has 1 aromatic heterocycles. The molecule has 0 aliphatic carbocycles. The number of hydrogen-bond donors (Lipinski definition) is 1. The van der Waals surface area contributed by atoms with Gasteiger partial charge in [-0.2, -0.15) is 5.10 Å². The summed E-state index contributed by atoms with van der Waals surface area (Å²) in [5.74, 6) is 0.487. The van der Waals surface area contributed by atoms with Crippen LogP contribution in [-0.4, -0.2) is 22.0 Å². The Labute approximate surface area is 95.8 Å². The van der Waals surface area contributed by atoms with Gasteiger partial charge in [-0.1, -0.05) is 0 Å². The Morgan fingerprint density at radius 2 is 2.50 bits per heavy atom. The number of aryl methyl sites for hydroxylation is 1. The Morgan fingerprint density at radius 1 is 1.62 bits per heavy atom. The van der Waals surface area contributed by atoms with Crippen LogP contribution in [-0.2, 0) is 11.3 Å². The number of aromatic nitrogens is 2. The molecule has 2 bridgehead atoms. The van der Waals surface area contributed by atoms with E-state index >= 15 is 0 Å². The summed E-state index contributed by atoms with van der Waals surface area (Å²) in [7, 11) is 0. The van der Waals surface area contributed by atoms with Gasteiger partial charge in [-0.25, -0.2) is 0 Å². The molecule has 0 spiro atoms. The highest BCUT2D eigenvalue weighted by molar-refractivity contribution is 5.11. The maximum atomic E-state index is 6.37. The van der Waals surface area contributed by atoms with Gasteiger partial charge >= 0.3 is 0 Å². The monoisotopic (exact) mass is 221 g/mol. The van der Waals surface area contributed by atoms with Crippen LogP contribution in [0.2, 0.25) is 0 Å². The molecule has 4 heteroatoms. The van der Waals surface area contributed by atoms with Crippen LogP contribution in [0.15, 0.2) is 12.3 Å². The average molecular weight is 221 g/mol. The highest BCUT2D eigenvalue weighted by Crippen LogP contribution is 2.43. The van der Waals surface area contributed by atoms with Crippen LogP contribution in [0.4, 0.5) is 0 Å². The van der Waals surface area contributed by atoms with Crippen molar-refractivity contribution in [2.24, 2.45) is 11.7 Å². The van der Waals surface area contributed by atoms with Gasteiger partial charge in [0, 0.05) is 18.7 Å². The molecule has 3 rings (SSSR count). The first-order valence-electron chi connectivity index (χ1n) is 6.22. The molecule has 2 fully saturated rings. The topological polar surface area (TPSA) is 53.1 Å². The van der Waals surface area contributed by atoms with Crippen molar-refractivity contribution in [2.75, 3.05) is 0 Å². The second-order valence-corrected chi connectivity index (χ2v) is 4.87. The number of fused-ring (bicyclic) bond motifs is 2. The fraction of sp³-hybridized carbons (Fsp3) is 0.750. The molecule has 4 unspecified atom stereocenters. The lowest BCUT2D eigenvalue weighted by molar-refractivity contribution is 0.0879. The summed E-state index contributed by atoms with van der Waals surface area (Å²) in [5.41, 5.74) is 7.52. The van der Waals surface area contributed by atoms with Gasteiger partial charge in [0.15, 0.2) is 0 Å². The minimum atomic E-state index is 0.0812. The van der Waals surface area contributed by atoms with E-state index in [1.165, 1.54) is 12.8 Å². The lowest BCUT2D eigenvalue weighted by Gasteiger charge is -2.25. The Morgan fingerprint density at radius 3 is 3.12 bits per heavy atom. The molecule has 1 aromatic rings. The molecular formula is C12H19N3O. The van der Waals surface area contributed by atoms with Crippen LogP contribution in [0.3, 0.4) is 0 Å². The summed E-state index contributed by atoms with van der Waals surface area (Å²) in [6.07, 6.45) is 6.23. The lowest BCUT2D eigenvalue weighted by Crippen LogP contribution is -2.31. The fourth-order valence-electron chi connectivity index (χ4n) is 3.16. The number of rotatable bonds is 3. The third kappa shape index (κ3) is 1.48. The van der Waals surface area contributed by atoms with Crippen molar-refractivity contribution in [3.8, 4) is 0 Å². The molecule has 0 aromatic carbocycles. The molecule has 88 valence electrons. The van der Waals surface area contributed by atoms with E-state index in [1.807, 2.05) is 16.9 Å². The van der Waals surface area contributed by atoms with Crippen molar-refractivity contribution in [3.05, 3.63) is 18.0 Å². The van der Waals surface area contributed by atoms with Crippen molar-refractivity contribution in [2.45, 2.75) is 51.0 Å². The second kappa shape index (κ2) is 3.86. The van der Waals surface area contributed by atoms with E-state index in [0.717, 1.165) is 18.7 Å². The number of ether oxygens (including phenoxy) is 1. The van der Waals surface area contributed by atoms with Crippen LogP contribution in [0.1, 0.15) is 37.9 Å². The molecule has 0 radical (unpaired) electrons. The SMILES string of the molecule is CCn1nccc1C(N)C1CC2CCC1O2. The fourth-order valence-corrected chi connectivity index (χ4v) is 3.16. The highest BCUT2D eigenvalue weighted by atomic mass is 16.5. The Balaban J connectivity index is 1.80. The van der Waals surface area contributed by atoms with Crippen molar-refractivity contribution >= 4 is 0 Å². The van der Waals surface area contributed by atoms with E-state index in [2.05, 4.69) is 12.0 Å². The van der Waals surface area contributed by atoms with Gasteiger partial charge in [0.25, 0.3) is 0 Å². The summed E-state index contributed by atoms with van der Waals surface area (Å²) < 4.78 is 7.86. The largest absolute Gasteiger partial charge is 0.375 e. The molecule has 2 saturated heterocycles. The first-order chi connectivity index (χ1) is 7.79. The zero-order chi connectivity index (χ0) is 11.1. The van der Waals surface area contributed by atoms with Crippen molar-refractivity contribution in [3.63, 3.8) is 0 Å². The number of nitrogens with two attached hydrogens (primary N) is 1. The van der Waals surface area contributed by atoms with Gasteiger partial charge in [-0.05, 0) is 32.3 Å². The third-order valence-electron chi connectivity index (χ3n) is 4.00. The normalized spacial score (nSPS) is 34.5. The second-order valence-electron chi connectivity index (χ2n) is 4.87. The maximum absolute atomic E-state index is 6.37. The van der Waals surface area contributed by atoms with Crippen LogP contribution in [0.25, 0.3) is 0 Å². The van der Waals surface area contributed by atoms with Gasteiger partial charge in [-0.3, -0.25) is 4.68 Å². The molecule has 0 saturated carbocycles. The smallest absolute Gasteiger partial charge is 0.0627 e. The van der Waals surface area contributed by atoms with E-state index in [-0.39, 0.29) is 6.04 Å². The van der Waals surface area contributed by atoms with Crippen LogP contribution in [0.5, 0.6) is 0 Å².